The van der Waals surface area contributed by atoms with E-state index in [0.717, 1.165) is 11.3 Å². The summed E-state index contributed by atoms with van der Waals surface area (Å²) in [5.41, 5.74) is 14.4. The summed E-state index contributed by atoms with van der Waals surface area (Å²) >= 11 is 1.44. The molecule has 0 aromatic carbocycles. The summed E-state index contributed by atoms with van der Waals surface area (Å²) in [7, 11) is 3.91. The summed E-state index contributed by atoms with van der Waals surface area (Å²) in [4.78, 5) is 38.9. The number of hydrogen-bond donors (Lipinski definition) is 2. The van der Waals surface area contributed by atoms with E-state index < -0.39 is 5.91 Å². The van der Waals surface area contributed by atoms with E-state index in [1.807, 2.05) is 48.0 Å². The lowest BCUT2D eigenvalue weighted by atomic mass is 10.2. The molecule has 9 nitrogen and oxygen atoms in total. The van der Waals surface area contributed by atoms with Gasteiger partial charge >= 0.3 is 6.03 Å². The predicted molar refractivity (Wildman–Crippen MR) is 126 cm³/mol. The van der Waals surface area contributed by atoms with E-state index in [4.69, 9.17) is 11.5 Å². The van der Waals surface area contributed by atoms with Crippen molar-refractivity contribution >= 4 is 34.6 Å². The van der Waals surface area contributed by atoms with E-state index in [0.29, 0.717) is 31.0 Å². The number of nitrogens with zero attached hydrogens (tertiary/aromatic N) is 5. The topological polar surface area (TPSA) is 122 Å². The fourth-order valence-electron chi connectivity index (χ4n) is 3.05. The Hall–Kier alpha value is -3.50. The van der Waals surface area contributed by atoms with Gasteiger partial charge in [-0.15, -0.1) is 11.3 Å². The lowest BCUT2D eigenvalue weighted by molar-refractivity contribution is 0.0995. The number of hydrogen-bond acceptors (Lipinski definition) is 7. The summed E-state index contributed by atoms with van der Waals surface area (Å²) in [5.74, 6) is -0.591. The van der Waals surface area contributed by atoms with Gasteiger partial charge in [-0.3, -0.25) is 19.7 Å². The number of nitrogens with two attached hydrogens (primary N) is 2. The Morgan fingerprint density at radius 2 is 1.84 bits per heavy atom. The first kappa shape index (κ1) is 23.2. The van der Waals surface area contributed by atoms with Gasteiger partial charge in [0, 0.05) is 42.8 Å². The monoisotopic (exact) mass is 453 g/mol. The lowest BCUT2D eigenvalue weighted by Gasteiger charge is -2.31. The fourth-order valence-corrected chi connectivity index (χ4v) is 3.77. The molecule has 3 amide bonds. The molecule has 0 aliphatic rings. The summed E-state index contributed by atoms with van der Waals surface area (Å²) in [6, 6.07) is 8.72. The average Bonchev–Trinajstić information content (AvgIpc) is 3.21. The Morgan fingerprint density at radius 3 is 2.41 bits per heavy atom. The molecular formula is C22H27N7O2S. The molecule has 3 aromatic rings. The molecule has 0 spiro atoms. The smallest absolute Gasteiger partial charge is 0.325 e. The van der Waals surface area contributed by atoms with Crippen LogP contribution in [0.3, 0.4) is 0 Å². The molecule has 3 aromatic heterocycles. The minimum Gasteiger partial charge on any atom is -0.396 e. The molecule has 3 heterocycles. The van der Waals surface area contributed by atoms with Gasteiger partial charge in [-0.1, -0.05) is 12.1 Å². The van der Waals surface area contributed by atoms with Crippen LogP contribution >= 0.6 is 11.3 Å². The first-order chi connectivity index (χ1) is 15.3. The number of primary amides is 1. The normalized spacial score (nSPS) is 10.8. The second-order valence-electron chi connectivity index (χ2n) is 7.54. The predicted octanol–water partition coefficient (Wildman–Crippen LogP) is 2.41. The minimum absolute atomic E-state index is 0.183. The van der Waals surface area contributed by atoms with E-state index in [9.17, 15) is 9.59 Å². The van der Waals surface area contributed by atoms with Crippen LogP contribution in [0.2, 0.25) is 0 Å². The van der Waals surface area contributed by atoms with Crippen LogP contribution in [-0.2, 0) is 13.1 Å². The molecule has 32 heavy (non-hydrogen) atoms. The van der Waals surface area contributed by atoms with Gasteiger partial charge < -0.3 is 21.3 Å². The van der Waals surface area contributed by atoms with Crippen LogP contribution in [0.25, 0.3) is 0 Å². The van der Waals surface area contributed by atoms with Crippen molar-refractivity contribution in [2.75, 3.05) is 37.8 Å². The Balaban J connectivity index is 1.89. The number of carbonyl (C=O) groups excluding carboxylic acids is 2. The Bertz CT molecular complexity index is 1040. The standard InChI is InChI=1S/C22H27N7O2S/c1-27(2)9-10-28(12-16-6-7-19(21(24)30)26-11-16)22(31)29(20-15-32-14-18(20)23)13-17-5-3-4-8-25-17/h3-8,11,14-15H,9-10,12-13,23H2,1-2H3,(H2,24,30). The first-order valence-corrected chi connectivity index (χ1v) is 11.0. The number of anilines is 2. The second-order valence-corrected chi connectivity index (χ2v) is 8.29. The zero-order valence-corrected chi connectivity index (χ0v) is 19.0. The van der Waals surface area contributed by atoms with Crippen molar-refractivity contribution in [3.05, 3.63) is 70.4 Å². The molecule has 0 aliphatic heterocycles. The highest BCUT2D eigenvalue weighted by atomic mass is 32.1. The van der Waals surface area contributed by atoms with Crippen LogP contribution in [-0.4, -0.2) is 58.9 Å². The van der Waals surface area contributed by atoms with E-state index in [-0.39, 0.29) is 18.3 Å². The number of rotatable bonds is 9. The van der Waals surface area contributed by atoms with E-state index >= 15 is 0 Å². The summed E-state index contributed by atoms with van der Waals surface area (Å²) < 4.78 is 0. The largest absolute Gasteiger partial charge is 0.396 e. The second kappa shape index (κ2) is 10.7. The van der Waals surface area contributed by atoms with Gasteiger partial charge in [0.25, 0.3) is 5.91 Å². The van der Waals surface area contributed by atoms with E-state index in [1.165, 1.54) is 11.3 Å². The van der Waals surface area contributed by atoms with Crippen molar-refractivity contribution in [2.24, 2.45) is 5.73 Å². The van der Waals surface area contributed by atoms with Crippen LogP contribution < -0.4 is 16.4 Å². The molecule has 10 heteroatoms. The van der Waals surface area contributed by atoms with Gasteiger partial charge in [-0.05, 0) is 37.9 Å². The zero-order valence-electron chi connectivity index (χ0n) is 18.1. The van der Waals surface area contributed by atoms with Crippen LogP contribution in [0.15, 0.2) is 53.5 Å². The van der Waals surface area contributed by atoms with Crippen LogP contribution in [0.5, 0.6) is 0 Å². The molecule has 168 valence electrons. The molecule has 0 bridgehead atoms. The maximum Gasteiger partial charge on any atom is 0.325 e. The Kier molecular flexibility index (Phi) is 7.74. The van der Waals surface area contributed by atoms with Gasteiger partial charge in [0.1, 0.15) is 5.69 Å². The Labute approximate surface area is 191 Å². The molecule has 0 saturated carbocycles. The molecule has 0 atom stereocenters. The number of pyridine rings is 2. The van der Waals surface area contributed by atoms with Crippen molar-refractivity contribution in [2.45, 2.75) is 13.1 Å². The van der Waals surface area contributed by atoms with Crippen molar-refractivity contribution in [1.82, 2.24) is 19.8 Å². The number of carbonyl (C=O) groups is 2. The summed E-state index contributed by atoms with van der Waals surface area (Å²) in [6.45, 7) is 1.78. The number of urea groups is 1. The van der Waals surface area contributed by atoms with Gasteiger partial charge in [0.05, 0.1) is 23.6 Å². The highest BCUT2D eigenvalue weighted by molar-refractivity contribution is 7.09. The number of likely N-dealkylation sites (N-methyl/N-ethyl adjacent to an activating group) is 1. The maximum atomic E-state index is 13.8. The third-order valence-electron chi connectivity index (χ3n) is 4.78. The number of aromatic nitrogens is 2. The van der Waals surface area contributed by atoms with Gasteiger partial charge in [0.2, 0.25) is 0 Å². The molecule has 0 unspecified atom stereocenters. The fraction of sp³-hybridized carbons (Fsp3) is 0.273. The quantitative estimate of drug-likeness (QED) is 0.513. The molecular weight excluding hydrogens is 426 g/mol. The minimum atomic E-state index is -0.591. The SMILES string of the molecule is CN(C)CCN(Cc1ccc(C(N)=O)nc1)C(=O)N(Cc1ccccn1)c1cscc1N. The summed E-state index contributed by atoms with van der Waals surface area (Å²) in [6.07, 6.45) is 3.27. The Morgan fingerprint density at radius 1 is 1.03 bits per heavy atom. The van der Waals surface area contributed by atoms with Crippen molar-refractivity contribution in [3.8, 4) is 0 Å². The van der Waals surface area contributed by atoms with Gasteiger partial charge in [0.15, 0.2) is 0 Å². The average molecular weight is 454 g/mol. The third kappa shape index (κ3) is 6.02. The molecule has 0 aliphatic carbocycles. The lowest BCUT2D eigenvalue weighted by Crippen LogP contribution is -2.45. The first-order valence-electron chi connectivity index (χ1n) is 10.0. The number of amides is 3. The van der Waals surface area contributed by atoms with Gasteiger partial charge in [-0.2, -0.15) is 0 Å². The van der Waals surface area contributed by atoms with Crippen LogP contribution in [0, 0.1) is 0 Å². The van der Waals surface area contributed by atoms with Crippen molar-refractivity contribution in [1.29, 1.82) is 0 Å². The zero-order chi connectivity index (χ0) is 23.1. The third-order valence-corrected chi connectivity index (χ3v) is 5.53. The molecule has 0 fully saturated rings. The molecule has 3 rings (SSSR count). The number of thiophene rings is 1. The summed E-state index contributed by atoms with van der Waals surface area (Å²) in [5, 5.41) is 3.67. The van der Waals surface area contributed by atoms with Crippen LogP contribution in [0.4, 0.5) is 16.2 Å². The van der Waals surface area contributed by atoms with Crippen molar-refractivity contribution in [3.63, 3.8) is 0 Å². The van der Waals surface area contributed by atoms with Gasteiger partial charge in [-0.25, -0.2) is 4.79 Å². The van der Waals surface area contributed by atoms with Crippen LogP contribution in [0.1, 0.15) is 21.7 Å². The molecule has 0 saturated heterocycles. The maximum absolute atomic E-state index is 13.8. The highest BCUT2D eigenvalue weighted by Crippen LogP contribution is 2.30. The van der Waals surface area contributed by atoms with E-state index in [1.54, 1.807) is 34.3 Å². The number of nitrogen functional groups attached to an aromatic ring is 1. The highest BCUT2D eigenvalue weighted by Gasteiger charge is 2.25. The van der Waals surface area contributed by atoms with Crippen molar-refractivity contribution < 1.29 is 9.59 Å². The molecule has 0 radical (unpaired) electrons. The van der Waals surface area contributed by atoms with E-state index in [2.05, 4.69) is 9.97 Å². The molecule has 4 N–H and O–H groups in total.